The molecule has 4 nitrogen and oxygen atoms in total. The topological polar surface area (TPSA) is 83.6 Å². The van der Waals surface area contributed by atoms with Crippen molar-refractivity contribution in [1.82, 2.24) is 0 Å². The largest absolute Gasteiger partial charge is 0.394 e. The van der Waals surface area contributed by atoms with E-state index in [1.165, 1.54) is 6.92 Å². The zero-order chi connectivity index (χ0) is 10.8. The molecule has 0 rings (SSSR count). The summed E-state index contributed by atoms with van der Waals surface area (Å²) < 4.78 is 0. The Morgan fingerprint density at radius 1 is 1.42 bits per heavy atom. The number of aliphatic hydroxyl groups excluding tert-OH is 2. The molecule has 0 bridgehead atoms. The van der Waals surface area contributed by atoms with Crippen LogP contribution in [0.2, 0.25) is 0 Å². The van der Waals surface area contributed by atoms with Crippen LogP contribution in [0.25, 0.3) is 0 Å². The minimum absolute atomic E-state index is 0. The molecule has 0 radical (unpaired) electrons. The molecule has 0 aromatic rings. The number of carbonyl (C=O) groups is 1. The summed E-state index contributed by atoms with van der Waals surface area (Å²) in [6, 6.07) is 0. The van der Waals surface area contributed by atoms with E-state index in [0.717, 1.165) is 0 Å². The van der Waals surface area contributed by atoms with Gasteiger partial charge in [-0.1, -0.05) is 0 Å². The second kappa shape index (κ2) is 10.6. The number of nitrogens with two attached hydrogens (primary N) is 1. The lowest BCUT2D eigenvalue weighted by Gasteiger charge is -2.06. The Kier molecular flexibility index (Phi) is 15.5. The average Bonchev–Trinajstić information content (AvgIpc) is 1.89. The number of rotatable bonds is 1. The van der Waals surface area contributed by atoms with Crippen molar-refractivity contribution in [1.29, 1.82) is 0 Å². The Morgan fingerprint density at radius 2 is 1.50 bits per heavy atom. The summed E-state index contributed by atoms with van der Waals surface area (Å²) in [7, 11) is 0. The summed E-state index contributed by atoms with van der Waals surface area (Å²) >= 11 is 0. The smallest absolute Gasteiger partial charge is 0.106 e. The highest BCUT2D eigenvalue weighted by Gasteiger charge is 1.95. The van der Waals surface area contributed by atoms with Crippen molar-refractivity contribution in [3.05, 3.63) is 0 Å². The van der Waals surface area contributed by atoms with E-state index >= 15 is 0 Å². The second-order valence-corrected chi connectivity index (χ2v) is 3.40. The molecule has 0 aliphatic heterocycles. The Morgan fingerprint density at radius 3 is 1.50 bits per heavy atom. The van der Waals surface area contributed by atoms with Gasteiger partial charge in [-0.05, 0) is 27.7 Å². The molecule has 12 heavy (non-hydrogen) atoms. The van der Waals surface area contributed by atoms with Gasteiger partial charge in [0.15, 0.2) is 0 Å². The fourth-order valence-corrected chi connectivity index (χ4v) is 0. The van der Waals surface area contributed by atoms with Gasteiger partial charge in [0, 0.05) is 5.54 Å². The molecular weight excluding hydrogens is 158 g/mol. The summed E-state index contributed by atoms with van der Waals surface area (Å²) in [5.74, 6) is 0. The maximum atomic E-state index is 8.11. The van der Waals surface area contributed by atoms with Crippen molar-refractivity contribution in [2.75, 3.05) is 6.61 Å². The Hall–Kier alpha value is -0.450. The van der Waals surface area contributed by atoms with Crippen LogP contribution >= 0.6 is 0 Å². The van der Waals surface area contributed by atoms with Crippen molar-refractivity contribution >= 4 is 6.79 Å². The van der Waals surface area contributed by atoms with E-state index < -0.39 is 6.10 Å². The third kappa shape index (κ3) is 291. The molecule has 0 aromatic carbocycles. The van der Waals surface area contributed by atoms with Gasteiger partial charge in [0.1, 0.15) is 6.79 Å². The predicted molar refractivity (Wildman–Crippen MR) is 49.8 cm³/mol. The lowest BCUT2D eigenvalue weighted by atomic mass is 10.1. The molecular formula is C8H21NO3. The highest BCUT2D eigenvalue weighted by molar-refractivity contribution is 5.10. The average molecular weight is 179 g/mol. The van der Waals surface area contributed by atoms with Gasteiger partial charge in [-0.15, -0.1) is 0 Å². The van der Waals surface area contributed by atoms with E-state index in [4.69, 9.17) is 20.7 Å². The summed E-state index contributed by atoms with van der Waals surface area (Å²) in [6.45, 7) is 9.28. The van der Waals surface area contributed by atoms with Crippen molar-refractivity contribution in [3.63, 3.8) is 0 Å². The van der Waals surface area contributed by atoms with Gasteiger partial charge in [0.2, 0.25) is 0 Å². The monoisotopic (exact) mass is 179 g/mol. The van der Waals surface area contributed by atoms with Gasteiger partial charge < -0.3 is 20.7 Å². The van der Waals surface area contributed by atoms with Gasteiger partial charge in [0.05, 0.1) is 12.7 Å². The summed E-state index contributed by atoms with van der Waals surface area (Å²) in [5.41, 5.74) is 5.35. The van der Waals surface area contributed by atoms with E-state index in [9.17, 15) is 0 Å². The van der Waals surface area contributed by atoms with E-state index in [0.29, 0.717) is 0 Å². The number of hydrogen-bond donors (Lipinski definition) is 3. The van der Waals surface area contributed by atoms with Gasteiger partial charge in [-0.25, -0.2) is 0 Å². The lowest BCUT2D eigenvalue weighted by Crippen LogP contribution is -2.26. The molecule has 0 saturated carbocycles. The van der Waals surface area contributed by atoms with Crippen LogP contribution < -0.4 is 5.73 Å². The van der Waals surface area contributed by atoms with E-state index in [-0.39, 0.29) is 12.1 Å². The van der Waals surface area contributed by atoms with Crippen molar-refractivity contribution in [2.24, 2.45) is 5.73 Å². The highest BCUT2D eigenvalue weighted by atomic mass is 16.3. The zero-order valence-electron chi connectivity index (χ0n) is 8.37. The van der Waals surface area contributed by atoms with Crippen LogP contribution in [0.15, 0.2) is 0 Å². The first-order valence-electron chi connectivity index (χ1n) is 3.64. The second-order valence-electron chi connectivity index (χ2n) is 3.40. The van der Waals surface area contributed by atoms with E-state index in [1.54, 1.807) is 0 Å². The fraction of sp³-hybridized carbons (Fsp3) is 0.875. The van der Waals surface area contributed by atoms with Crippen molar-refractivity contribution in [3.8, 4) is 0 Å². The predicted octanol–water partition coefficient (Wildman–Crippen LogP) is -0.0818. The first kappa shape index (κ1) is 17.6. The molecule has 4 heteroatoms. The lowest BCUT2D eigenvalue weighted by molar-refractivity contribution is -0.0979. The molecule has 76 valence electrons. The van der Waals surface area contributed by atoms with Gasteiger partial charge in [-0.2, -0.15) is 0 Å². The first-order chi connectivity index (χ1) is 5.27. The molecule has 0 aromatic heterocycles. The maximum absolute atomic E-state index is 8.11. The van der Waals surface area contributed by atoms with E-state index in [2.05, 4.69) is 0 Å². The molecule has 4 N–H and O–H groups in total. The normalized spacial score (nSPS) is 11.6. The van der Waals surface area contributed by atoms with Crippen LogP contribution in [0.3, 0.4) is 0 Å². The first-order valence-corrected chi connectivity index (χ1v) is 3.64. The number of aliphatic hydroxyl groups is 2. The molecule has 0 aliphatic rings. The summed E-state index contributed by atoms with van der Waals surface area (Å²) in [6.07, 6.45) is -0.560. The van der Waals surface area contributed by atoms with Crippen LogP contribution in [0.1, 0.15) is 27.7 Å². The fourth-order valence-electron chi connectivity index (χ4n) is 0. The van der Waals surface area contributed by atoms with Crippen LogP contribution in [-0.4, -0.2) is 35.3 Å². The quantitative estimate of drug-likeness (QED) is 0.525. The van der Waals surface area contributed by atoms with Crippen LogP contribution in [-0.2, 0) is 4.79 Å². The SMILES string of the molecule is C=O.CC(C)(C)N.CC(O)CO. The van der Waals surface area contributed by atoms with Crippen LogP contribution in [0, 0.1) is 0 Å². The number of hydrogen-bond acceptors (Lipinski definition) is 4. The van der Waals surface area contributed by atoms with Gasteiger partial charge in [0.25, 0.3) is 0 Å². The Labute approximate surface area is 74.4 Å². The standard InChI is InChI=1S/C4H11N.C3H8O2.CH2O/c1-4(2,3)5;1-3(5)2-4;1-2/h5H2,1-3H3;3-5H,2H2,1H3;1H2. The minimum Gasteiger partial charge on any atom is -0.394 e. The minimum atomic E-state index is -0.560. The third-order valence-corrected chi connectivity index (χ3v) is 0.264. The molecule has 0 saturated heterocycles. The van der Waals surface area contributed by atoms with Crippen LogP contribution in [0.4, 0.5) is 0 Å². The zero-order valence-corrected chi connectivity index (χ0v) is 8.37. The molecule has 0 aliphatic carbocycles. The molecule has 0 fully saturated rings. The van der Waals surface area contributed by atoms with Gasteiger partial charge in [-0.3, -0.25) is 0 Å². The third-order valence-electron chi connectivity index (χ3n) is 0.264. The molecule has 0 amide bonds. The molecule has 1 unspecified atom stereocenters. The summed E-state index contributed by atoms with van der Waals surface area (Å²) in [5, 5.41) is 16.0. The molecule has 1 atom stereocenters. The Bertz CT molecular complexity index is 72.9. The van der Waals surface area contributed by atoms with Crippen molar-refractivity contribution in [2.45, 2.75) is 39.3 Å². The molecule has 0 heterocycles. The Balaban J connectivity index is -0.000000112. The van der Waals surface area contributed by atoms with Gasteiger partial charge >= 0.3 is 0 Å². The van der Waals surface area contributed by atoms with E-state index in [1.807, 2.05) is 27.6 Å². The summed E-state index contributed by atoms with van der Waals surface area (Å²) in [4.78, 5) is 8.00. The molecule has 0 spiro atoms. The van der Waals surface area contributed by atoms with Crippen molar-refractivity contribution < 1.29 is 15.0 Å². The highest BCUT2D eigenvalue weighted by Crippen LogP contribution is 1.88. The maximum Gasteiger partial charge on any atom is 0.106 e. The number of carbonyl (C=O) groups excluding carboxylic acids is 1. The van der Waals surface area contributed by atoms with Crippen LogP contribution in [0.5, 0.6) is 0 Å².